The van der Waals surface area contributed by atoms with Gasteiger partial charge in [-0.2, -0.15) is 0 Å². The summed E-state index contributed by atoms with van der Waals surface area (Å²) in [4.78, 5) is 39.5. The fourth-order valence-corrected chi connectivity index (χ4v) is 3.91. The summed E-state index contributed by atoms with van der Waals surface area (Å²) in [5.74, 6) is -1.18. The van der Waals surface area contributed by atoms with Gasteiger partial charge in [0.05, 0.1) is 6.42 Å². The number of aryl methyl sites for hydroxylation is 1. The lowest BCUT2D eigenvalue weighted by Crippen LogP contribution is -2.49. The first-order valence-electron chi connectivity index (χ1n) is 9.48. The van der Waals surface area contributed by atoms with Crippen molar-refractivity contribution in [3.63, 3.8) is 0 Å². The largest absolute Gasteiger partial charge is 0.326 e. The summed E-state index contributed by atoms with van der Waals surface area (Å²) in [5.41, 5.74) is 4.47. The van der Waals surface area contributed by atoms with Gasteiger partial charge in [0.2, 0.25) is 5.91 Å². The molecule has 1 fully saturated rings. The Hall–Kier alpha value is -2.49. The Morgan fingerprint density at radius 3 is 2.48 bits per heavy atom. The zero-order valence-electron chi connectivity index (χ0n) is 16.8. The Morgan fingerprint density at radius 2 is 1.87 bits per heavy atom. The number of nitrogens with one attached hydrogen (secondary N) is 2. The monoisotopic (exact) mass is 522 g/mol. The number of thiocarbonyl (C=S) groups is 1. The van der Waals surface area contributed by atoms with E-state index in [2.05, 4.69) is 26.7 Å². The van der Waals surface area contributed by atoms with Crippen LogP contribution in [-0.4, -0.2) is 45.3 Å². The fraction of sp³-hybridized carbons (Fsp3) is 0.238. The summed E-state index contributed by atoms with van der Waals surface area (Å²) in [7, 11) is 0. The first-order chi connectivity index (χ1) is 14.7. The molecule has 0 radical (unpaired) electrons. The second kappa shape index (κ2) is 9.76. The van der Waals surface area contributed by atoms with Gasteiger partial charge < -0.3 is 5.32 Å². The molecule has 1 aliphatic heterocycles. The molecule has 1 heterocycles. The molecule has 1 aliphatic rings. The molecular weight excluding hydrogens is 504 g/mol. The predicted molar refractivity (Wildman–Crippen MR) is 127 cm³/mol. The van der Waals surface area contributed by atoms with Crippen molar-refractivity contribution in [2.45, 2.75) is 26.3 Å². The van der Waals surface area contributed by atoms with E-state index in [-0.39, 0.29) is 17.4 Å². The molecule has 1 atom stereocenters. The van der Waals surface area contributed by atoms with Gasteiger partial charge in [0.15, 0.2) is 5.11 Å². The lowest BCUT2D eigenvalue weighted by molar-refractivity contribution is -0.130. The zero-order chi connectivity index (χ0) is 22.7. The maximum Gasteiger partial charge on any atom is 0.269 e. The van der Waals surface area contributed by atoms with Crippen LogP contribution >= 0.6 is 39.7 Å². The molecule has 0 saturated carbocycles. The zero-order valence-corrected chi connectivity index (χ0v) is 20.0. The molecule has 2 aromatic carbocycles. The van der Waals surface area contributed by atoms with Crippen molar-refractivity contribution in [3.8, 4) is 0 Å². The second-order valence-corrected chi connectivity index (χ2v) is 8.60. The maximum atomic E-state index is 12.8. The summed E-state index contributed by atoms with van der Waals surface area (Å²) in [5, 5.41) is 4.69. The van der Waals surface area contributed by atoms with Gasteiger partial charge in [0, 0.05) is 27.3 Å². The summed E-state index contributed by atoms with van der Waals surface area (Å²) < 4.78 is 0.832. The van der Waals surface area contributed by atoms with Crippen LogP contribution in [0.2, 0.25) is 5.02 Å². The summed E-state index contributed by atoms with van der Waals surface area (Å²) >= 11 is 14.8. The van der Waals surface area contributed by atoms with Gasteiger partial charge in [-0.3, -0.25) is 24.7 Å². The molecule has 2 N–H and O–H groups in total. The first kappa shape index (κ1) is 23.2. The molecule has 3 amide bonds. The number of benzene rings is 2. The Labute approximate surface area is 198 Å². The van der Waals surface area contributed by atoms with Crippen LogP contribution in [0.5, 0.6) is 0 Å². The minimum absolute atomic E-state index is 0.147. The van der Waals surface area contributed by atoms with E-state index in [9.17, 15) is 14.4 Å². The number of hydrogen-bond acceptors (Lipinski definition) is 4. The number of likely N-dealkylation sites (N-methyl/N-ethyl adjacent to an activating group) is 1. The Balaban J connectivity index is 1.76. The predicted octanol–water partition coefficient (Wildman–Crippen LogP) is 3.90. The Kier molecular flexibility index (Phi) is 7.30. The highest BCUT2D eigenvalue weighted by molar-refractivity contribution is 9.10. The highest BCUT2D eigenvalue weighted by Gasteiger charge is 2.43. The average molecular weight is 524 g/mol. The molecule has 2 aromatic rings. The van der Waals surface area contributed by atoms with Crippen molar-refractivity contribution >= 4 is 68.3 Å². The fourth-order valence-electron chi connectivity index (χ4n) is 3.08. The third-order valence-corrected chi connectivity index (χ3v) is 6.13. The van der Waals surface area contributed by atoms with Crippen LogP contribution in [0.3, 0.4) is 0 Å². The number of carbonyl (C=O) groups excluding carboxylic acids is 3. The molecule has 0 spiro atoms. The molecule has 1 saturated heterocycles. The number of rotatable bonds is 6. The van der Waals surface area contributed by atoms with Gasteiger partial charge in [0.1, 0.15) is 6.04 Å². The van der Waals surface area contributed by atoms with Crippen molar-refractivity contribution in [3.05, 3.63) is 63.1 Å². The van der Waals surface area contributed by atoms with Crippen LogP contribution in [0.25, 0.3) is 0 Å². The number of halogens is 2. The molecule has 162 valence electrons. The van der Waals surface area contributed by atoms with Crippen molar-refractivity contribution in [1.82, 2.24) is 15.3 Å². The topological polar surface area (TPSA) is 81.8 Å². The summed E-state index contributed by atoms with van der Waals surface area (Å²) in [6.45, 7) is 3.96. The maximum absolute atomic E-state index is 12.8. The molecule has 0 bridgehead atoms. The molecule has 0 aliphatic carbocycles. The van der Waals surface area contributed by atoms with E-state index < -0.39 is 17.9 Å². The number of carbonyl (C=O) groups is 3. The molecule has 7 nitrogen and oxygen atoms in total. The van der Waals surface area contributed by atoms with Crippen molar-refractivity contribution in [2.24, 2.45) is 0 Å². The lowest BCUT2D eigenvalue weighted by Gasteiger charge is -2.24. The first-order valence-corrected chi connectivity index (χ1v) is 11.1. The van der Waals surface area contributed by atoms with Crippen LogP contribution in [-0.2, 0) is 9.59 Å². The van der Waals surface area contributed by atoms with Crippen LogP contribution in [0.1, 0.15) is 29.3 Å². The molecule has 0 aromatic heterocycles. The minimum Gasteiger partial charge on any atom is -0.326 e. The highest BCUT2D eigenvalue weighted by Crippen LogP contribution is 2.22. The minimum atomic E-state index is -0.951. The van der Waals surface area contributed by atoms with E-state index in [0.29, 0.717) is 22.8 Å². The number of hydrogen-bond donors (Lipinski definition) is 2. The molecule has 10 heteroatoms. The second-order valence-electron chi connectivity index (χ2n) is 6.91. The lowest BCUT2D eigenvalue weighted by atomic mass is 10.1. The van der Waals surface area contributed by atoms with E-state index >= 15 is 0 Å². The van der Waals surface area contributed by atoms with Crippen LogP contribution in [0, 0.1) is 6.92 Å². The van der Waals surface area contributed by atoms with E-state index in [0.717, 1.165) is 10.0 Å². The van der Waals surface area contributed by atoms with E-state index in [1.54, 1.807) is 49.4 Å². The number of anilines is 1. The molecule has 31 heavy (non-hydrogen) atoms. The van der Waals surface area contributed by atoms with Crippen molar-refractivity contribution in [1.29, 1.82) is 0 Å². The standard InChI is InChI=1S/C21H20BrClN4O3S/c1-3-26-20(30)17(11-18(28)24-15-9-4-12(2)16(23)10-15)27(21(26)31)25-19(29)13-5-7-14(22)8-6-13/h4-10,17H,3,11H2,1-2H3,(H,24,28)(H,25,29). The highest BCUT2D eigenvalue weighted by atomic mass is 79.9. The number of nitrogens with zero attached hydrogens (tertiary/aromatic N) is 2. The summed E-state index contributed by atoms with van der Waals surface area (Å²) in [6, 6.07) is 11.0. The molecule has 1 unspecified atom stereocenters. The average Bonchev–Trinajstić information content (AvgIpc) is 2.94. The SMILES string of the molecule is CCN1C(=O)C(CC(=O)Nc2ccc(C)c(Cl)c2)N(NC(=O)c2ccc(Br)cc2)C1=S. The van der Waals surface area contributed by atoms with Gasteiger partial charge in [-0.1, -0.05) is 33.6 Å². The number of hydrazine groups is 1. The van der Waals surface area contributed by atoms with Gasteiger partial charge in [0.25, 0.3) is 11.8 Å². The van der Waals surface area contributed by atoms with Crippen molar-refractivity contribution < 1.29 is 14.4 Å². The van der Waals surface area contributed by atoms with Crippen LogP contribution in [0.4, 0.5) is 5.69 Å². The third-order valence-electron chi connectivity index (χ3n) is 4.78. The van der Waals surface area contributed by atoms with Gasteiger partial charge >= 0.3 is 0 Å². The van der Waals surface area contributed by atoms with Gasteiger partial charge in [-0.05, 0) is 68.0 Å². The summed E-state index contributed by atoms with van der Waals surface area (Å²) in [6.07, 6.45) is -0.193. The van der Waals surface area contributed by atoms with Gasteiger partial charge in [-0.25, -0.2) is 5.01 Å². The normalized spacial score (nSPS) is 15.9. The quantitative estimate of drug-likeness (QED) is 0.561. The Morgan fingerprint density at radius 1 is 1.19 bits per heavy atom. The van der Waals surface area contributed by atoms with E-state index in [1.165, 1.54) is 9.91 Å². The Bertz CT molecular complexity index is 1050. The van der Waals surface area contributed by atoms with Crippen LogP contribution < -0.4 is 10.7 Å². The van der Waals surface area contributed by atoms with Crippen molar-refractivity contribution in [2.75, 3.05) is 11.9 Å². The molecule has 3 rings (SSSR count). The number of amides is 3. The van der Waals surface area contributed by atoms with Crippen LogP contribution in [0.15, 0.2) is 46.9 Å². The van der Waals surface area contributed by atoms with E-state index in [1.807, 2.05) is 6.92 Å². The molecular formula is C21H20BrClN4O3S. The third kappa shape index (κ3) is 5.23. The van der Waals surface area contributed by atoms with Gasteiger partial charge in [-0.15, -0.1) is 0 Å². The smallest absolute Gasteiger partial charge is 0.269 e. The van der Waals surface area contributed by atoms with E-state index in [4.69, 9.17) is 23.8 Å².